The zero-order chi connectivity index (χ0) is 11.0. The lowest BCUT2D eigenvalue weighted by atomic mass is 10.4. The van der Waals surface area contributed by atoms with Crippen molar-refractivity contribution in [1.29, 1.82) is 0 Å². The molecule has 0 aliphatic carbocycles. The third-order valence-electron chi connectivity index (χ3n) is 1.64. The van der Waals surface area contributed by atoms with Gasteiger partial charge in [0, 0.05) is 6.61 Å². The molecule has 3 heteroatoms. The highest BCUT2D eigenvalue weighted by atomic mass is 16.6. The molecular weight excluding hydrogens is 180 g/mol. The van der Waals surface area contributed by atoms with E-state index < -0.39 is 0 Å². The third kappa shape index (κ3) is 8.48. The van der Waals surface area contributed by atoms with Crippen molar-refractivity contribution in [2.75, 3.05) is 19.8 Å². The van der Waals surface area contributed by atoms with E-state index in [1.54, 1.807) is 0 Å². The van der Waals surface area contributed by atoms with Crippen molar-refractivity contribution in [2.24, 2.45) is 0 Å². The van der Waals surface area contributed by atoms with E-state index in [2.05, 4.69) is 6.92 Å². The molecule has 1 radical (unpaired) electrons. The fraction of sp³-hybridized carbons (Fsp3) is 0.909. The maximum Gasteiger partial charge on any atom is 0.0784 e. The Morgan fingerprint density at radius 2 is 1.71 bits per heavy atom. The lowest BCUT2D eigenvalue weighted by Crippen LogP contribution is -2.25. The summed E-state index contributed by atoms with van der Waals surface area (Å²) in [6.07, 6.45) is 0.225. The van der Waals surface area contributed by atoms with Gasteiger partial charge in [0.25, 0.3) is 0 Å². The Morgan fingerprint density at radius 3 is 2.21 bits per heavy atom. The molecule has 0 aromatic heterocycles. The molecule has 0 aromatic rings. The van der Waals surface area contributed by atoms with Crippen LogP contribution in [0, 0.1) is 6.92 Å². The molecule has 0 aromatic carbocycles. The second-order valence-electron chi connectivity index (χ2n) is 3.56. The monoisotopic (exact) mass is 203 g/mol. The van der Waals surface area contributed by atoms with Gasteiger partial charge in [-0.15, -0.1) is 0 Å². The highest BCUT2D eigenvalue weighted by Gasteiger charge is 2.08. The minimum absolute atomic E-state index is 0.01000. The van der Waals surface area contributed by atoms with Crippen molar-refractivity contribution in [3.63, 3.8) is 0 Å². The molecule has 0 saturated carbocycles. The van der Waals surface area contributed by atoms with Crippen LogP contribution < -0.4 is 0 Å². The van der Waals surface area contributed by atoms with E-state index in [4.69, 9.17) is 14.2 Å². The standard InChI is InChI=1S/C11H23O3/c1-6-12-7-10(4)13-8-11(5)14-9(2)3/h9-11H,2,6-8H2,1,3-5H3. The topological polar surface area (TPSA) is 27.7 Å². The zero-order valence-electron chi connectivity index (χ0n) is 9.79. The molecular formula is C11H23O3. The van der Waals surface area contributed by atoms with E-state index in [9.17, 15) is 0 Å². The summed E-state index contributed by atoms with van der Waals surface area (Å²) in [7, 11) is 0. The van der Waals surface area contributed by atoms with Gasteiger partial charge in [-0.3, -0.25) is 0 Å². The smallest absolute Gasteiger partial charge is 0.0784 e. The first-order valence-electron chi connectivity index (χ1n) is 5.24. The molecule has 0 N–H and O–H groups in total. The van der Waals surface area contributed by atoms with Crippen LogP contribution in [0.25, 0.3) is 0 Å². The normalized spacial score (nSPS) is 15.9. The Bertz CT molecular complexity index is 126. The fourth-order valence-electron chi connectivity index (χ4n) is 1.07. The lowest BCUT2D eigenvalue weighted by Gasteiger charge is -2.19. The van der Waals surface area contributed by atoms with E-state index in [0.717, 1.165) is 6.61 Å². The van der Waals surface area contributed by atoms with Gasteiger partial charge in [-0.1, -0.05) is 0 Å². The zero-order valence-corrected chi connectivity index (χ0v) is 9.79. The third-order valence-corrected chi connectivity index (χ3v) is 1.64. The van der Waals surface area contributed by atoms with Crippen LogP contribution in [0.15, 0.2) is 0 Å². The average molecular weight is 203 g/mol. The van der Waals surface area contributed by atoms with E-state index in [1.807, 2.05) is 27.7 Å². The van der Waals surface area contributed by atoms with Gasteiger partial charge in [0.1, 0.15) is 0 Å². The Labute approximate surface area is 87.7 Å². The van der Waals surface area contributed by atoms with Gasteiger partial charge < -0.3 is 14.2 Å². The molecule has 0 amide bonds. The Balaban J connectivity index is 3.40. The van der Waals surface area contributed by atoms with Crippen LogP contribution in [-0.2, 0) is 14.2 Å². The van der Waals surface area contributed by atoms with E-state index in [-0.39, 0.29) is 18.3 Å². The Kier molecular flexibility index (Phi) is 8.14. The minimum atomic E-state index is 0.01000. The summed E-state index contributed by atoms with van der Waals surface area (Å²) < 4.78 is 16.2. The molecule has 85 valence electrons. The summed E-state index contributed by atoms with van der Waals surface area (Å²) in [5, 5.41) is 0. The molecule has 0 saturated heterocycles. The summed E-state index contributed by atoms with van der Waals surface area (Å²) in [4.78, 5) is 0. The van der Waals surface area contributed by atoms with Gasteiger partial charge in [0.2, 0.25) is 0 Å². The first kappa shape index (κ1) is 13.9. The molecule has 0 aliphatic heterocycles. The maximum atomic E-state index is 5.53. The summed E-state index contributed by atoms with van der Waals surface area (Å²) in [6, 6.07) is 0. The van der Waals surface area contributed by atoms with Gasteiger partial charge >= 0.3 is 0 Å². The summed E-state index contributed by atoms with van der Waals surface area (Å²) in [5.74, 6) is 0. The predicted octanol–water partition coefficient (Wildman–Crippen LogP) is 2.06. The van der Waals surface area contributed by atoms with Crippen LogP contribution in [0.3, 0.4) is 0 Å². The molecule has 3 nitrogen and oxygen atoms in total. The molecule has 0 rings (SSSR count). The van der Waals surface area contributed by atoms with E-state index in [1.165, 1.54) is 0 Å². The highest BCUT2D eigenvalue weighted by Crippen LogP contribution is 2.00. The molecule has 0 heterocycles. The van der Waals surface area contributed by atoms with E-state index >= 15 is 0 Å². The van der Waals surface area contributed by atoms with Crippen molar-refractivity contribution in [2.45, 2.75) is 46.0 Å². The van der Waals surface area contributed by atoms with Crippen LogP contribution in [-0.4, -0.2) is 38.1 Å². The van der Waals surface area contributed by atoms with Gasteiger partial charge in [-0.25, -0.2) is 0 Å². The number of rotatable bonds is 8. The van der Waals surface area contributed by atoms with Crippen molar-refractivity contribution in [1.82, 2.24) is 0 Å². The van der Waals surface area contributed by atoms with Crippen LogP contribution in [0.5, 0.6) is 0 Å². The predicted molar refractivity (Wildman–Crippen MR) is 57.3 cm³/mol. The number of hydrogen-bond acceptors (Lipinski definition) is 3. The fourth-order valence-corrected chi connectivity index (χ4v) is 1.07. The van der Waals surface area contributed by atoms with Crippen molar-refractivity contribution in [3.8, 4) is 0 Å². The second-order valence-corrected chi connectivity index (χ2v) is 3.56. The van der Waals surface area contributed by atoms with Crippen molar-refractivity contribution < 1.29 is 14.2 Å². The van der Waals surface area contributed by atoms with E-state index in [0.29, 0.717) is 13.2 Å². The molecule has 0 bridgehead atoms. The van der Waals surface area contributed by atoms with Crippen LogP contribution in [0.1, 0.15) is 27.7 Å². The molecule has 3 atom stereocenters. The largest absolute Gasteiger partial charge is 0.379 e. The van der Waals surface area contributed by atoms with Gasteiger partial charge in [-0.2, -0.15) is 0 Å². The van der Waals surface area contributed by atoms with Crippen LogP contribution in [0.4, 0.5) is 0 Å². The van der Waals surface area contributed by atoms with Gasteiger partial charge in [0.15, 0.2) is 0 Å². The molecule has 0 spiro atoms. The lowest BCUT2D eigenvalue weighted by molar-refractivity contribution is -0.0658. The maximum absolute atomic E-state index is 5.53. The summed E-state index contributed by atoms with van der Waals surface area (Å²) >= 11 is 0. The second kappa shape index (κ2) is 8.21. The number of hydrogen-bond donors (Lipinski definition) is 0. The molecule has 3 unspecified atom stereocenters. The first-order valence-corrected chi connectivity index (χ1v) is 5.24. The van der Waals surface area contributed by atoms with Crippen molar-refractivity contribution in [3.05, 3.63) is 6.92 Å². The van der Waals surface area contributed by atoms with Gasteiger partial charge in [-0.05, 0) is 34.6 Å². The molecule has 14 heavy (non-hydrogen) atoms. The Morgan fingerprint density at radius 1 is 1.07 bits per heavy atom. The van der Waals surface area contributed by atoms with Gasteiger partial charge in [0.05, 0.1) is 31.5 Å². The molecule has 0 fully saturated rings. The summed E-state index contributed by atoms with van der Waals surface area (Å²) in [5.41, 5.74) is 0. The first-order chi connectivity index (χ1) is 6.56. The highest BCUT2D eigenvalue weighted by molar-refractivity contribution is 4.57. The average Bonchev–Trinajstić information content (AvgIpc) is 2.10. The summed E-state index contributed by atoms with van der Waals surface area (Å²) in [6.45, 7) is 13.6. The molecule has 0 aliphatic rings. The quantitative estimate of drug-likeness (QED) is 0.604. The minimum Gasteiger partial charge on any atom is -0.379 e. The Hall–Kier alpha value is -0.120. The van der Waals surface area contributed by atoms with Crippen molar-refractivity contribution >= 4 is 0 Å². The SMILES string of the molecule is [CH2]C(C)OC(C)COC(C)COCC. The van der Waals surface area contributed by atoms with Crippen LogP contribution in [0.2, 0.25) is 0 Å². The number of ether oxygens (including phenoxy) is 3. The van der Waals surface area contributed by atoms with Crippen LogP contribution >= 0.6 is 0 Å².